The first-order valence-electron chi connectivity index (χ1n) is 9.70. The zero-order valence-electron chi connectivity index (χ0n) is 17.6. The number of methoxy groups -OCH3 is 1. The maximum absolute atomic E-state index is 12.2. The number of nitrogens with one attached hydrogen (secondary N) is 1. The molecule has 2 aromatic carbocycles. The molecule has 0 radical (unpaired) electrons. The van der Waals surface area contributed by atoms with E-state index in [2.05, 4.69) is 26.5 Å². The van der Waals surface area contributed by atoms with Crippen molar-refractivity contribution in [3.63, 3.8) is 0 Å². The molecule has 1 amide bonds. The van der Waals surface area contributed by atoms with E-state index in [0.29, 0.717) is 39.5 Å². The van der Waals surface area contributed by atoms with Crippen molar-refractivity contribution >= 4 is 34.0 Å². The first kappa shape index (κ1) is 24.2. The Morgan fingerprint density at radius 1 is 1.13 bits per heavy atom. The number of carbonyl (C=O) groups excluding carboxylic acids is 2. The van der Waals surface area contributed by atoms with Crippen LogP contribution in [0.15, 0.2) is 46.0 Å². The van der Waals surface area contributed by atoms with Crippen molar-refractivity contribution in [3.8, 4) is 17.2 Å². The maximum Gasteiger partial charge on any atom is 0.344 e. The zero-order chi connectivity index (χ0) is 22.6. The Kier molecular flexibility index (Phi) is 9.83. The number of carbonyl (C=O) groups is 2. The van der Waals surface area contributed by atoms with Crippen LogP contribution in [0.5, 0.6) is 17.2 Å². The van der Waals surface area contributed by atoms with Crippen molar-refractivity contribution < 1.29 is 28.5 Å². The van der Waals surface area contributed by atoms with E-state index in [1.807, 2.05) is 6.92 Å². The SMILES string of the molecule is CCCOc1ccc(C(=O)N/N=C\c2cc(Br)c(OCC(=O)OCC)c(OC)c2)cc1. The van der Waals surface area contributed by atoms with Crippen LogP contribution in [-0.2, 0) is 9.53 Å². The number of amides is 1. The molecule has 8 nitrogen and oxygen atoms in total. The van der Waals surface area contributed by atoms with E-state index < -0.39 is 5.97 Å². The van der Waals surface area contributed by atoms with E-state index in [-0.39, 0.29) is 19.1 Å². The van der Waals surface area contributed by atoms with Gasteiger partial charge in [0.05, 0.1) is 31.0 Å². The second kappa shape index (κ2) is 12.6. The Labute approximate surface area is 189 Å². The summed E-state index contributed by atoms with van der Waals surface area (Å²) in [7, 11) is 1.48. The molecule has 0 aliphatic carbocycles. The third-order valence-electron chi connectivity index (χ3n) is 3.86. The van der Waals surface area contributed by atoms with Crippen LogP contribution in [0.25, 0.3) is 0 Å². The fourth-order valence-corrected chi connectivity index (χ4v) is 3.01. The molecule has 0 bridgehead atoms. The summed E-state index contributed by atoms with van der Waals surface area (Å²) in [5.74, 6) is 0.647. The average Bonchev–Trinajstić information content (AvgIpc) is 2.77. The standard InChI is InChI=1S/C22H25BrN2O6/c1-4-10-30-17-8-6-16(7-9-17)22(27)25-24-13-15-11-18(23)21(19(12-15)28-3)31-14-20(26)29-5-2/h6-9,11-13H,4-5,10,14H2,1-3H3,(H,25,27)/b24-13-. The van der Waals surface area contributed by atoms with E-state index >= 15 is 0 Å². The number of hydrogen-bond acceptors (Lipinski definition) is 7. The number of esters is 1. The Morgan fingerprint density at radius 3 is 2.52 bits per heavy atom. The van der Waals surface area contributed by atoms with E-state index in [9.17, 15) is 9.59 Å². The number of rotatable bonds is 11. The fraction of sp³-hybridized carbons (Fsp3) is 0.318. The summed E-state index contributed by atoms with van der Waals surface area (Å²) >= 11 is 3.39. The monoisotopic (exact) mass is 492 g/mol. The number of nitrogens with zero attached hydrogens (tertiary/aromatic N) is 1. The summed E-state index contributed by atoms with van der Waals surface area (Å²) in [6, 6.07) is 10.2. The summed E-state index contributed by atoms with van der Waals surface area (Å²) in [6.45, 7) is 4.41. The van der Waals surface area contributed by atoms with Gasteiger partial charge in [-0.25, -0.2) is 10.2 Å². The summed E-state index contributed by atoms with van der Waals surface area (Å²) in [4.78, 5) is 23.8. The van der Waals surface area contributed by atoms with E-state index in [1.54, 1.807) is 43.3 Å². The quantitative estimate of drug-likeness (QED) is 0.289. The third kappa shape index (κ3) is 7.60. The number of benzene rings is 2. The molecule has 0 saturated carbocycles. The number of hydrogen-bond donors (Lipinski definition) is 1. The molecule has 0 saturated heterocycles. The van der Waals surface area contributed by atoms with Gasteiger partial charge in [0.15, 0.2) is 18.1 Å². The Balaban J connectivity index is 2.00. The van der Waals surface area contributed by atoms with Crippen molar-refractivity contribution in [3.05, 3.63) is 52.0 Å². The average molecular weight is 493 g/mol. The van der Waals surface area contributed by atoms with Gasteiger partial charge in [0.25, 0.3) is 5.91 Å². The highest BCUT2D eigenvalue weighted by atomic mass is 79.9. The smallest absolute Gasteiger partial charge is 0.344 e. The maximum atomic E-state index is 12.2. The molecule has 1 N–H and O–H groups in total. The van der Waals surface area contributed by atoms with Crippen molar-refractivity contribution in [1.29, 1.82) is 0 Å². The number of ether oxygens (including phenoxy) is 4. The predicted octanol–water partition coefficient (Wildman–Crippen LogP) is 3.95. The van der Waals surface area contributed by atoms with E-state index in [1.165, 1.54) is 13.3 Å². The molecule has 0 aliphatic heterocycles. The minimum Gasteiger partial charge on any atom is -0.494 e. The van der Waals surface area contributed by atoms with Gasteiger partial charge in [-0.3, -0.25) is 4.79 Å². The summed E-state index contributed by atoms with van der Waals surface area (Å²) in [5.41, 5.74) is 3.59. The van der Waals surface area contributed by atoms with Gasteiger partial charge >= 0.3 is 5.97 Å². The molecular weight excluding hydrogens is 468 g/mol. The van der Waals surface area contributed by atoms with E-state index in [4.69, 9.17) is 18.9 Å². The summed E-state index contributed by atoms with van der Waals surface area (Å²) < 4.78 is 21.7. The topological polar surface area (TPSA) is 95.5 Å². The normalized spacial score (nSPS) is 10.6. The zero-order valence-corrected chi connectivity index (χ0v) is 19.2. The van der Waals surface area contributed by atoms with Crippen molar-refractivity contribution in [2.75, 3.05) is 26.9 Å². The molecule has 0 aliphatic rings. The van der Waals surface area contributed by atoms with Gasteiger partial charge in [-0.1, -0.05) is 6.92 Å². The second-order valence-corrected chi connectivity index (χ2v) is 7.05. The van der Waals surface area contributed by atoms with Gasteiger partial charge in [0.2, 0.25) is 0 Å². The fourth-order valence-electron chi connectivity index (χ4n) is 2.44. The highest BCUT2D eigenvalue weighted by Gasteiger charge is 2.13. The van der Waals surface area contributed by atoms with Gasteiger partial charge in [0, 0.05) is 5.56 Å². The number of halogens is 1. The molecule has 2 rings (SSSR count). The molecule has 0 spiro atoms. The van der Waals surface area contributed by atoms with E-state index in [0.717, 1.165) is 6.42 Å². The molecule has 0 heterocycles. The summed E-state index contributed by atoms with van der Waals surface area (Å²) in [5, 5.41) is 3.99. The molecule has 166 valence electrons. The van der Waals surface area contributed by atoms with Gasteiger partial charge in [-0.05, 0) is 71.2 Å². The second-order valence-electron chi connectivity index (χ2n) is 6.20. The largest absolute Gasteiger partial charge is 0.494 e. The molecule has 0 fully saturated rings. The highest BCUT2D eigenvalue weighted by Crippen LogP contribution is 2.36. The van der Waals surface area contributed by atoms with Crippen LogP contribution in [0.2, 0.25) is 0 Å². The molecule has 9 heteroatoms. The first-order valence-corrected chi connectivity index (χ1v) is 10.5. The summed E-state index contributed by atoms with van der Waals surface area (Å²) in [6.07, 6.45) is 2.38. The van der Waals surface area contributed by atoms with Crippen molar-refractivity contribution in [1.82, 2.24) is 5.43 Å². The van der Waals surface area contributed by atoms with Crippen LogP contribution in [0.3, 0.4) is 0 Å². The van der Waals surface area contributed by atoms with Gasteiger partial charge in [0.1, 0.15) is 5.75 Å². The van der Waals surface area contributed by atoms with Crippen LogP contribution >= 0.6 is 15.9 Å². The molecule has 2 aromatic rings. The van der Waals surface area contributed by atoms with Gasteiger partial charge in [-0.15, -0.1) is 0 Å². The van der Waals surface area contributed by atoms with Gasteiger partial charge < -0.3 is 18.9 Å². The highest BCUT2D eigenvalue weighted by molar-refractivity contribution is 9.10. The van der Waals surface area contributed by atoms with Crippen molar-refractivity contribution in [2.24, 2.45) is 5.10 Å². The van der Waals surface area contributed by atoms with Crippen LogP contribution in [0.4, 0.5) is 0 Å². The van der Waals surface area contributed by atoms with Crippen LogP contribution < -0.4 is 19.6 Å². The lowest BCUT2D eigenvalue weighted by Crippen LogP contribution is -2.17. The van der Waals surface area contributed by atoms with Crippen LogP contribution in [0, 0.1) is 0 Å². The minimum absolute atomic E-state index is 0.242. The lowest BCUT2D eigenvalue weighted by molar-refractivity contribution is -0.145. The lowest BCUT2D eigenvalue weighted by atomic mass is 10.2. The Bertz CT molecular complexity index is 915. The van der Waals surface area contributed by atoms with Gasteiger partial charge in [-0.2, -0.15) is 5.10 Å². The number of hydrazone groups is 1. The predicted molar refractivity (Wildman–Crippen MR) is 120 cm³/mol. The van der Waals surface area contributed by atoms with Crippen molar-refractivity contribution in [2.45, 2.75) is 20.3 Å². The lowest BCUT2D eigenvalue weighted by Gasteiger charge is -2.13. The third-order valence-corrected chi connectivity index (χ3v) is 4.45. The molecule has 0 atom stereocenters. The Morgan fingerprint density at radius 2 is 1.87 bits per heavy atom. The molecule has 0 aromatic heterocycles. The minimum atomic E-state index is -0.477. The molecule has 31 heavy (non-hydrogen) atoms. The Hall–Kier alpha value is -3.07. The molecule has 0 unspecified atom stereocenters. The van der Waals surface area contributed by atoms with Crippen LogP contribution in [-0.4, -0.2) is 45.0 Å². The van der Waals surface area contributed by atoms with Crippen LogP contribution in [0.1, 0.15) is 36.2 Å². The molecular formula is C22H25BrN2O6. The first-order chi connectivity index (χ1) is 15.0.